The van der Waals surface area contributed by atoms with Crippen LogP contribution in [0, 0.1) is 0 Å². The third-order valence-electron chi connectivity index (χ3n) is 3.92. The number of benzene rings is 2. The Kier molecular flexibility index (Phi) is 8.20. The maximum atomic E-state index is 13.0. The Morgan fingerprint density at radius 3 is 2.61 bits per heavy atom. The van der Waals surface area contributed by atoms with E-state index in [-0.39, 0.29) is 23.6 Å². The van der Waals surface area contributed by atoms with E-state index in [1.165, 1.54) is 11.8 Å². The molecule has 0 bridgehead atoms. The maximum Gasteiger partial charge on any atom is 0.255 e. The lowest BCUT2D eigenvalue weighted by molar-refractivity contribution is -0.119. The van der Waals surface area contributed by atoms with Crippen molar-refractivity contribution in [3.05, 3.63) is 58.6 Å². The fourth-order valence-electron chi connectivity index (χ4n) is 2.68. The molecule has 0 aliphatic carbocycles. The zero-order valence-corrected chi connectivity index (χ0v) is 18.1. The molecule has 5 nitrogen and oxygen atoms in total. The van der Waals surface area contributed by atoms with Crippen molar-refractivity contribution in [3.8, 4) is 5.75 Å². The summed E-state index contributed by atoms with van der Waals surface area (Å²) in [5.41, 5.74) is 1.39. The number of methoxy groups -OCH3 is 1. The van der Waals surface area contributed by atoms with Crippen molar-refractivity contribution in [1.82, 2.24) is 10.2 Å². The lowest BCUT2D eigenvalue weighted by atomic mass is 10.1. The third kappa shape index (κ3) is 6.17. The number of nitrogens with zero attached hydrogens (tertiary/aromatic N) is 1. The molecule has 0 aliphatic rings. The van der Waals surface area contributed by atoms with E-state index in [0.29, 0.717) is 22.9 Å². The van der Waals surface area contributed by atoms with E-state index >= 15 is 0 Å². The monoisotopic (exact) mass is 420 g/mol. The van der Waals surface area contributed by atoms with Gasteiger partial charge in [0.05, 0.1) is 18.4 Å². The molecular weight excluding hydrogens is 396 g/mol. The summed E-state index contributed by atoms with van der Waals surface area (Å²) in [5, 5.41) is 3.44. The predicted molar refractivity (Wildman–Crippen MR) is 114 cm³/mol. The van der Waals surface area contributed by atoms with E-state index in [9.17, 15) is 9.59 Å². The number of amides is 2. The zero-order chi connectivity index (χ0) is 20.7. The molecule has 2 rings (SSSR count). The summed E-state index contributed by atoms with van der Waals surface area (Å²) >= 11 is 7.44. The van der Waals surface area contributed by atoms with Gasteiger partial charge in [-0.25, -0.2) is 0 Å². The lowest BCUT2D eigenvalue weighted by Crippen LogP contribution is -2.31. The van der Waals surface area contributed by atoms with E-state index in [2.05, 4.69) is 5.32 Å². The molecule has 28 heavy (non-hydrogen) atoms. The second-order valence-corrected chi connectivity index (χ2v) is 8.08. The summed E-state index contributed by atoms with van der Waals surface area (Å²) < 4.78 is 5.36. The molecule has 0 aromatic heterocycles. The fourth-order valence-corrected chi connectivity index (χ4v) is 3.73. The number of hydrogen-bond donors (Lipinski definition) is 1. The summed E-state index contributed by atoms with van der Waals surface area (Å²) in [6.07, 6.45) is 0. The standard InChI is InChI=1S/C21H25ClN2O3S/c1-14(2)23-20(25)13-28-19-8-6-5-7-17(19)21(26)24(3)12-15-11-16(22)9-10-18(15)27-4/h5-11,14H,12-13H2,1-4H3,(H,23,25). The molecule has 0 spiro atoms. The van der Waals surface area contributed by atoms with E-state index in [4.69, 9.17) is 16.3 Å². The summed E-state index contributed by atoms with van der Waals surface area (Å²) in [7, 11) is 3.32. The van der Waals surface area contributed by atoms with Crippen molar-refractivity contribution in [3.63, 3.8) is 0 Å². The molecular formula is C21H25ClN2O3S. The van der Waals surface area contributed by atoms with Gasteiger partial charge in [-0.1, -0.05) is 23.7 Å². The highest BCUT2D eigenvalue weighted by atomic mass is 35.5. The summed E-state index contributed by atoms with van der Waals surface area (Å²) in [4.78, 5) is 27.3. The van der Waals surface area contributed by atoms with Crippen LogP contribution in [0.25, 0.3) is 0 Å². The van der Waals surface area contributed by atoms with Crippen LogP contribution in [0.2, 0.25) is 5.02 Å². The predicted octanol–water partition coefficient (Wildman–Crippen LogP) is 4.24. The largest absolute Gasteiger partial charge is 0.496 e. The topological polar surface area (TPSA) is 58.6 Å². The summed E-state index contributed by atoms with van der Waals surface area (Å²) in [6.45, 7) is 4.19. The van der Waals surface area contributed by atoms with Gasteiger partial charge in [-0.15, -0.1) is 11.8 Å². The van der Waals surface area contributed by atoms with Crippen molar-refractivity contribution in [2.24, 2.45) is 0 Å². The van der Waals surface area contributed by atoms with Gasteiger partial charge in [-0.05, 0) is 44.2 Å². The molecule has 0 heterocycles. The first-order valence-electron chi connectivity index (χ1n) is 8.91. The minimum Gasteiger partial charge on any atom is -0.496 e. The molecule has 1 N–H and O–H groups in total. The highest BCUT2D eigenvalue weighted by Crippen LogP contribution is 2.27. The van der Waals surface area contributed by atoms with E-state index in [1.807, 2.05) is 32.0 Å². The molecule has 0 fully saturated rings. The van der Waals surface area contributed by atoms with Crippen LogP contribution in [-0.4, -0.2) is 42.7 Å². The molecule has 0 atom stereocenters. The highest BCUT2D eigenvalue weighted by molar-refractivity contribution is 8.00. The Hall–Kier alpha value is -2.18. The number of halogens is 1. The molecule has 0 radical (unpaired) electrons. The average molecular weight is 421 g/mol. The number of ether oxygens (including phenoxy) is 1. The Morgan fingerprint density at radius 1 is 1.21 bits per heavy atom. The molecule has 2 aromatic carbocycles. The van der Waals surface area contributed by atoms with Crippen LogP contribution in [0.4, 0.5) is 0 Å². The van der Waals surface area contributed by atoms with Gasteiger partial charge in [-0.3, -0.25) is 9.59 Å². The molecule has 2 amide bonds. The van der Waals surface area contributed by atoms with E-state index in [1.54, 1.807) is 43.3 Å². The molecule has 7 heteroatoms. The molecule has 0 unspecified atom stereocenters. The van der Waals surface area contributed by atoms with Gasteiger partial charge in [0.2, 0.25) is 5.91 Å². The number of thioether (sulfide) groups is 1. The highest BCUT2D eigenvalue weighted by Gasteiger charge is 2.18. The Bertz CT molecular complexity index is 842. The zero-order valence-electron chi connectivity index (χ0n) is 16.5. The van der Waals surface area contributed by atoms with Crippen molar-refractivity contribution >= 4 is 35.2 Å². The number of rotatable bonds is 8. The quantitative estimate of drug-likeness (QED) is 0.649. The number of nitrogens with one attached hydrogen (secondary N) is 1. The maximum absolute atomic E-state index is 13.0. The van der Waals surface area contributed by atoms with Gasteiger partial charge >= 0.3 is 0 Å². The molecule has 0 saturated heterocycles. The minimum atomic E-state index is -0.130. The minimum absolute atomic E-state index is 0.0562. The lowest BCUT2D eigenvalue weighted by Gasteiger charge is -2.20. The number of hydrogen-bond acceptors (Lipinski definition) is 4. The molecule has 0 aliphatic heterocycles. The Morgan fingerprint density at radius 2 is 1.93 bits per heavy atom. The normalized spacial score (nSPS) is 10.6. The molecule has 2 aromatic rings. The van der Waals surface area contributed by atoms with Gasteiger partial charge in [0.25, 0.3) is 5.91 Å². The second kappa shape index (κ2) is 10.4. The second-order valence-electron chi connectivity index (χ2n) is 6.62. The van der Waals surface area contributed by atoms with Crippen molar-refractivity contribution < 1.29 is 14.3 Å². The van der Waals surface area contributed by atoms with Crippen molar-refractivity contribution in [2.45, 2.75) is 31.3 Å². The number of carbonyl (C=O) groups excluding carboxylic acids is 2. The fraction of sp³-hybridized carbons (Fsp3) is 0.333. The van der Waals surface area contributed by atoms with Crippen LogP contribution < -0.4 is 10.1 Å². The molecule has 0 saturated carbocycles. The van der Waals surface area contributed by atoms with Gasteiger partial charge in [-0.2, -0.15) is 0 Å². The Balaban J connectivity index is 2.13. The SMILES string of the molecule is COc1ccc(Cl)cc1CN(C)C(=O)c1ccccc1SCC(=O)NC(C)C. The van der Waals surface area contributed by atoms with Crippen LogP contribution in [0.1, 0.15) is 29.8 Å². The summed E-state index contributed by atoms with van der Waals surface area (Å²) in [6, 6.07) is 12.7. The van der Waals surface area contributed by atoms with Gasteiger partial charge in [0, 0.05) is 35.1 Å². The van der Waals surface area contributed by atoms with E-state index in [0.717, 1.165) is 10.5 Å². The van der Waals surface area contributed by atoms with Crippen LogP contribution in [0.3, 0.4) is 0 Å². The third-order valence-corrected chi connectivity index (χ3v) is 5.23. The van der Waals surface area contributed by atoms with Crippen LogP contribution in [-0.2, 0) is 11.3 Å². The first-order chi connectivity index (χ1) is 13.3. The summed E-state index contributed by atoms with van der Waals surface area (Å²) in [5.74, 6) is 0.750. The Labute approximate surface area is 175 Å². The van der Waals surface area contributed by atoms with Crippen LogP contribution >= 0.6 is 23.4 Å². The van der Waals surface area contributed by atoms with Crippen molar-refractivity contribution in [2.75, 3.05) is 19.9 Å². The van der Waals surface area contributed by atoms with Gasteiger partial charge < -0.3 is 15.0 Å². The van der Waals surface area contributed by atoms with Gasteiger partial charge in [0.15, 0.2) is 0 Å². The van der Waals surface area contributed by atoms with Crippen LogP contribution in [0.5, 0.6) is 5.75 Å². The van der Waals surface area contributed by atoms with Gasteiger partial charge in [0.1, 0.15) is 5.75 Å². The average Bonchev–Trinajstić information content (AvgIpc) is 2.65. The first kappa shape index (κ1) is 22.1. The van der Waals surface area contributed by atoms with E-state index < -0.39 is 0 Å². The van der Waals surface area contributed by atoms with Crippen LogP contribution in [0.15, 0.2) is 47.4 Å². The smallest absolute Gasteiger partial charge is 0.255 e. The van der Waals surface area contributed by atoms with Crippen molar-refractivity contribution in [1.29, 1.82) is 0 Å². The number of carbonyl (C=O) groups is 2. The molecule has 150 valence electrons. The first-order valence-corrected chi connectivity index (χ1v) is 10.3.